The van der Waals surface area contributed by atoms with E-state index in [9.17, 15) is 0 Å². The molecule has 0 aliphatic carbocycles. The predicted molar refractivity (Wildman–Crippen MR) is 109 cm³/mol. The van der Waals surface area contributed by atoms with Gasteiger partial charge in [-0.1, -0.05) is 117 Å². The average molecular weight is 343 g/mol. The zero-order valence-corrected chi connectivity index (χ0v) is 18.9. The lowest BCUT2D eigenvalue weighted by atomic mass is 9.88. The molecule has 0 aromatic carbocycles. The Hall–Kier alpha value is 0.177. The number of hydrogen-bond donors (Lipinski definition) is 0. The lowest BCUT2D eigenvalue weighted by Crippen LogP contribution is -2.18. The third-order valence-corrected chi connectivity index (χ3v) is 5.28. The van der Waals surface area contributed by atoms with Gasteiger partial charge in [0.15, 0.2) is 0 Å². The van der Waals surface area contributed by atoms with Crippen LogP contribution in [0.15, 0.2) is 0 Å². The van der Waals surface area contributed by atoms with Crippen LogP contribution in [0.4, 0.5) is 0 Å². The quantitative estimate of drug-likeness (QED) is 0.202. The minimum absolute atomic E-state index is 0.401. The van der Waals surface area contributed by atoms with Crippen molar-refractivity contribution in [3.05, 3.63) is 0 Å². The van der Waals surface area contributed by atoms with E-state index < -0.39 is 0 Å². The van der Waals surface area contributed by atoms with Crippen molar-refractivity contribution in [2.24, 2.45) is 5.41 Å². The topological polar surface area (TPSA) is 9.23 Å². The van der Waals surface area contributed by atoms with Crippen molar-refractivity contribution in [3.8, 4) is 0 Å². The minimum atomic E-state index is 0.401. The first kappa shape index (κ1) is 23.2. The summed E-state index contributed by atoms with van der Waals surface area (Å²) in [5, 5.41) is 0. The second-order valence-electron chi connectivity index (χ2n) is 8.30. The van der Waals surface area contributed by atoms with Crippen LogP contribution in [0.2, 0.25) is 0 Å². The molecule has 0 heterocycles. The van der Waals surface area contributed by atoms with Crippen molar-refractivity contribution >= 4 is 10.5 Å². The molecule has 0 unspecified atom stereocenters. The first-order chi connectivity index (χ1) is 11.1. The SMILES string of the molecule is CCCCCCCCCCCCCCCCCC(C)(C)CO[SiH3]. The second-order valence-corrected chi connectivity index (χ2v) is 8.87. The van der Waals surface area contributed by atoms with Crippen molar-refractivity contribution in [2.75, 3.05) is 6.61 Å². The van der Waals surface area contributed by atoms with E-state index in [2.05, 4.69) is 20.8 Å². The fraction of sp³-hybridized carbons (Fsp3) is 1.00. The van der Waals surface area contributed by atoms with Gasteiger partial charge in [0.1, 0.15) is 10.5 Å². The molecule has 0 bridgehead atoms. The maximum absolute atomic E-state index is 5.42. The van der Waals surface area contributed by atoms with Gasteiger partial charge in [-0.15, -0.1) is 0 Å². The van der Waals surface area contributed by atoms with E-state index in [1.54, 1.807) is 0 Å². The van der Waals surface area contributed by atoms with Crippen molar-refractivity contribution < 1.29 is 4.43 Å². The van der Waals surface area contributed by atoms with Crippen LogP contribution in [-0.4, -0.2) is 17.1 Å². The summed E-state index contributed by atoms with van der Waals surface area (Å²) in [6.07, 6.45) is 23.1. The summed E-state index contributed by atoms with van der Waals surface area (Å²) in [7, 11) is 0.881. The molecule has 1 nitrogen and oxygen atoms in total. The maximum Gasteiger partial charge on any atom is 0.145 e. The Bertz CT molecular complexity index is 228. The smallest absolute Gasteiger partial charge is 0.145 e. The van der Waals surface area contributed by atoms with E-state index in [1.807, 2.05) is 0 Å². The third kappa shape index (κ3) is 18.4. The fourth-order valence-electron chi connectivity index (χ4n) is 3.44. The summed E-state index contributed by atoms with van der Waals surface area (Å²) in [4.78, 5) is 0. The highest BCUT2D eigenvalue weighted by molar-refractivity contribution is 5.97. The molecule has 0 N–H and O–H groups in total. The molecule has 2 heteroatoms. The molecule has 0 aromatic heterocycles. The fourth-order valence-corrected chi connectivity index (χ4v) is 4.22. The molecule has 0 amide bonds. The molecule has 0 aromatic rings. The number of rotatable bonds is 18. The van der Waals surface area contributed by atoms with E-state index in [0.29, 0.717) is 5.41 Å². The Kier molecular flexibility index (Phi) is 17.1. The minimum Gasteiger partial charge on any atom is -0.427 e. The van der Waals surface area contributed by atoms with Crippen LogP contribution < -0.4 is 0 Å². The van der Waals surface area contributed by atoms with E-state index in [4.69, 9.17) is 4.43 Å². The highest BCUT2D eigenvalue weighted by Gasteiger charge is 2.16. The Morgan fingerprint density at radius 3 is 1.30 bits per heavy atom. The summed E-state index contributed by atoms with van der Waals surface area (Å²) < 4.78 is 5.42. The van der Waals surface area contributed by atoms with Crippen LogP contribution in [0, 0.1) is 5.41 Å². The molecule has 140 valence electrons. The summed E-state index contributed by atoms with van der Waals surface area (Å²) in [5.74, 6) is 0. The molecule has 0 aliphatic rings. The maximum atomic E-state index is 5.42. The summed E-state index contributed by atoms with van der Waals surface area (Å²) in [6.45, 7) is 7.94. The summed E-state index contributed by atoms with van der Waals surface area (Å²) in [5.41, 5.74) is 0.401. The first-order valence-corrected chi connectivity index (χ1v) is 11.4. The van der Waals surface area contributed by atoms with E-state index in [-0.39, 0.29) is 0 Å². The molecule has 23 heavy (non-hydrogen) atoms. The lowest BCUT2D eigenvalue weighted by Gasteiger charge is -2.23. The van der Waals surface area contributed by atoms with Gasteiger partial charge in [0.2, 0.25) is 0 Å². The standard InChI is InChI=1S/C21H46OSi/c1-4-5-6-7-8-9-10-11-12-13-14-15-16-17-18-19-21(2,3)20-22-23/h4-20H2,1-3,23H3. The van der Waals surface area contributed by atoms with Crippen LogP contribution >= 0.6 is 0 Å². The third-order valence-electron chi connectivity index (χ3n) is 4.99. The summed E-state index contributed by atoms with van der Waals surface area (Å²) in [6, 6.07) is 0. The molecule has 0 atom stereocenters. The largest absolute Gasteiger partial charge is 0.427 e. The van der Waals surface area contributed by atoms with Crippen molar-refractivity contribution in [3.63, 3.8) is 0 Å². The molecular formula is C21H46OSi. The molecule has 0 aliphatic heterocycles. The zero-order chi connectivity index (χ0) is 17.2. The Morgan fingerprint density at radius 2 is 0.957 bits per heavy atom. The van der Waals surface area contributed by atoms with Gasteiger partial charge in [0.25, 0.3) is 0 Å². The molecule has 0 radical (unpaired) electrons. The van der Waals surface area contributed by atoms with Gasteiger partial charge >= 0.3 is 0 Å². The Labute approximate surface area is 150 Å². The number of unbranched alkanes of at least 4 members (excludes halogenated alkanes) is 14. The van der Waals surface area contributed by atoms with Crippen LogP contribution in [0.5, 0.6) is 0 Å². The van der Waals surface area contributed by atoms with Gasteiger partial charge in [0, 0.05) is 6.61 Å². The van der Waals surface area contributed by atoms with Gasteiger partial charge < -0.3 is 4.43 Å². The molecule has 0 fully saturated rings. The van der Waals surface area contributed by atoms with E-state index >= 15 is 0 Å². The first-order valence-electron chi connectivity index (χ1n) is 10.6. The van der Waals surface area contributed by atoms with Gasteiger partial charge in [-0.25, -0.2) is 0 Å². The van der Waals surface area contributed by atoms with Crippen molar-refractivity contribution in [2.45, 2.75) is 124 Å². The Morgan fingerprint density at radius 1 is 0.609 bits per heavy atom. The normalized spacial score (nSPS) is 12.1. The predicted octanol–water partition coefficient (Wildman–Crippen LogP) is 6.57. The van der Waals surface area contributed by atoms with Crippen LogP contribution in [0.1, 0.15) is 124 Å². The zero-order valence-electron chi connectivity index (χ0n) is 16.9. The van der Waals surface area contributed by atoms with Gasteiger partial charge in [-0.05, 0) is 11.8 Å². The highest BCUT2D eigenvalue weighted by Crippen LogP contribution is 2.24. The van der Waals surface area contributed by atoms with Crippen molar-refractivity contribution in [1.82, 2.24) is 0 Å². The van der Waals surface area contributed by atoms with Gasteiger partial charge in [-0.2, -0.15) is 0 Å². The van der Waals surface area contributed by atoms with E-state index in [0.717, 1.165) is 17.1 Å². The highest BCUT2D eigenvalue weighted by atomic mass is 28.2. The van der Waals surface area contributed by atoms with Crippen molar-refractivity contribution in [1.29, 1.82) is 0 Å². The lowest BCUT2D eigenvalue weighted by molar-refractivity contribution is 0.177. The summed E-state index contributed by atoms with van der Waals surface area (Å²) >= 11 is 0. The van der Waals surface area contributed by atoms with Gasteiger partial charge in [0.05, 0.1) is 0 Å². The molecule has 0 saturated heterocycles. The number of hydrogen-bond acceptors (Lipinski definition) is 1. The molecule has 0 saturated carbocycles. The van der Waals surface area contributed by atoms with Crippen LogP contribution in [0.25, 0.3) is 0 Å². The molecule has 0 rings (SSSR count). The molecule has 0 spiro atoms. The monoisotopic (exact) mass is 342 g/mol. The van der Waals surface area contributed by atoms with Crippen LogP contribution in [0.3, 0.4) is 0 Å². The second kappa shape index (κ2) is 17.0. The van der Waals surface area contributed by atoms with Gasteiger partial charge in [-0.3, -0.25) is 0 Å². The average Bonchev–Trinajstić information content (AvgIpc) is 2.51. The van der Waals surface area contributed by atoms with E-state index in [1.165, 1.54) is 103 Å². The molecular weight excluding hydrogens is 296 g/mol. The van der Waals surface area contributed by atoms with Crippen LogP contribution in [-0.2, 0) is 4.43 Å². The Balaban J connectivity index is 3.11.